The average Bonchev–Trinajstić information content (AvgIpc) is 3.23. The molecule has 1 unspecified atom stereocenters. The number of imidazole rings is 1. The van der Waals surface area contributed by atoms with E-state index in [1.54, 1.807) is 0 Å². The molecule has 2 aliphatic rings. The molecule has 0 bridgehead atoms. The van der Waals surface area contributed by atoms with Crippen LogP contribution in [0.2, 0.25) is 0 Å². The number of fused-ring (bicyclic) bond motifs is 1. The summed E-state index contributed by atoms with van der Waals surface area (Å²) in [7, 11) is 0. The molecular weight excluding hydrogens is 342 g/mol. The Morgan fingerprint density at radius 3 is 2.81 bits per heavy atom. The highest BCUT2D eigenvalue weighted by Gasteiger charge is 2.29. The van der Waals surface area contributed by atoms with Gasteiger partial charge in [0.25, 0.3) is 5.91 Å². The van der Waals surface area contributed by atoms with Crippen LogP contribution in [-0.4, -0.2) is 39.2 Å². The first-order valence-electron chi connectivity index (χ1n) is 10.2. The molecule has 2 aliphatic carbocycles. The monoisotopic (exact) mass is 371 g/mol. The molecule has 4 rings (SSSR count). The highest BCUT2D eigenvalue weighted by atomic mass is 16.5. The van der Waals surface area contributed by atoms with E-state index in [2.05, 4.69) is 10.3 Å². The molecule has 6 nitrogen and oxygen atoms in total. The van der Waals surface area contributed by atoms with Crippen LogP contribution in [0.25, 0.3) is 5.65 Å². The maximum atomic E-state index is 12.8. The molecule has 0 aromatic carbocycles. The van der Waals surface area contributed by atoms with E-state index < -0.39 is 6.10 Å². The van der Waals surface area contributed by atoms with Crippen LogP contribution >= 0.6 is 0 Å². The summed E-state index contributed by atoms with van der Waals surface area (Å²) in [5.41, 5.74) is 1.88. The first-order valence-corrected chi connectivity index (χ1v) is 10.2. The lowest BCUT2D eigenvalue weighted by Gasteiger charge is -2.21. The van der Waals surface area contributed by atoms with Gasteiger partial charge in [-0.2, -0.15) is 0 Å². The number of hydrogen-bond acceptors (Lipinski definition) is 4. The summed E-state index contributed by atoms with van der Waals surface area (Å²) in [6, 6.07) is 3.65. The number of aryl methyl sites for hydroxylation is 1. The average molecular weight is 371 g/mol. The molecule has 0 aliphatic heterocycles. The van der Waals surface area contributed by atoms with Crippen LogP contribution in [0.4, 0.5) is 0 Å². The fourth-order valence-corrected chi connectivity index (χ4v) is 4.45. The number of pyridine rings is 1. The maximum Gasteiger partial charge on any atom is 0.270 e. The van der Waals surface area contributed by atoms with Crippen LogP contribution in [0, 0.1) is 12.8 Å². The molecule has 2 atom stereocenters. The van der Waals surface area contributed by atoms with Crippen molar-refractivity contribution in [1.29, 1.82) is 0 Å². The Hall–Kier alpha value is -2.08. The van der Waals surface area contributed by atoms with Gasteiger partial charge in [-0.3, -0.25) is 9.20 Å². The van der Waals surface area contributed by atoms with Crippen LogP contribution < -0.4 is 10.1 Å². The van der Waals surface area contributed by atoms with Crippen LogP contribution in [0.15, 0.2) is 18.3 Å². The molecule has 0 spiro atoms. The maximum absolute atomic E-state index is 12.8. The number of carbonyl (C=O) groups is 1. The summed E-state index contributed by atoms with van der Waals surface area (Å²) in [5, 5.41) is 13.0. The first-order chi connectivity index (χ1) is 13.1. The molecule has 2 fully saturated rings. The lowest BCUT2D eigenvalue weighted by molar-refractivity contribution is 0.0867. The third-order valence-corrected chi connectivity index (χ3v) is 6.00. The molecule has 0 radical (unpaired) electrons. The molecular formula is C21H29N3O3. The van der Waals surface area contributed by atoms with Crippen molar-refractivity contribution in [2.75, 3.05) is 6.61 Å². The van der Waals surface area contributed by atoms with Crippen molar-refractivity contribution in [2.45, 2.75) is 70.4 Å². The molecule has 2 N–H and O–H groups in total. The number of aliphatic hydroxyl groups excluding tert-OH is 1. The van der Waals surface area contributed by atoms with Crippen LogP contribution in [-0.2, 0) is 0 Å². The summed E-state index contributed by atoms with van der Waals surface area (Å²) >= 11 is 0. The summed E-state index contributed by atoms with van der Waals surface area (Å²) in [6.45, 7) is 2.55. The zero-order chi connectivity index (χ0) is 18.8. The zero-order valence-corrected chi connectivity index (χ0v) is 16.0. The van der Waals surface area contributed by atoms with Crippen LogP contribution in [0.3, 0.4) is 0 Å². The Balaban J connectivity index is 1.53. The Kier molecular flexibility index (Phi) is 5.34. The van der Waals surface area contributed by atoms with Gasteiger partial charge in [0.05, 0.1) is 24.4 Å². The van der Waals surface area contributed by atoms with Crippen molar-refractivity contribution in [3.8, 4) is 5.75 Å². The molecule has 0 saturated heterocycles. The predicted octanol–water partition coefficient (Wildman–Crippen LogP) is 3.25. The van der Waals surface area contributed by atoms with Crippen molar-refractivity contribution in [2.24, 2.45) is 5.92 Å². The minimum Gasteiger partial charge on any atom is -0.489 e. The SMILES string of the molecule is Cc1nc2c(OCC3CCCCC3)cccn2c1C(=O)NC1CCC[C@@H]1O. The van der Waals surface area contributed by atoms with Gasteiger partial charge in [-0.1, -0.05) is 19.3 Å². The first kappa shape index (κ1) is 18.3. The van der Waals surface area contributed by atoms with Crippen molar-refractivity contribution in [1.82, 2.24) is 14.7 Å². The number of amides is 1. The van der Waals surface area contributed by atoms with Gasteiger partial charge in [0, 0.05) is 6.20 Å². The molecule has 2 saturated carbocycles. The van der Waals surface area contributed by atoms with Gasteiger partial charge < -0.3 is 15.2 Å². The molecule has 27 heavy (non-hydrogen) atoms. The quantitative estimate of drug-likeness (QED) is 0.846. The van der Waals surface area contributed by atoms with E-state index in [1.165, 1.54) is 32.1 Å². The number of rotatable bonds is 5. The number of carbonyl (C=O) groups excluding carboxylic acids is 1. The highest BCUT2D eigenvalue weighted by molar-refractivity contribution is 5.95. The molecule has 2 heterocycles. The molecule has 6 heteroatoms. The zero-order valence-electron chi connectivity index (χ0n) is 16.0. The van der Waals surface area contributed by atoms with Crippen molar-refractivity contribution < 1.29 is 14.6 Å². The van der Waals surface area contributed by atoms with E-state index in [4.69, 9.17) is 4.74 Å². The minimum absolute atomic E-state index is 0.173. The number of aliphatic hydroxyl groups is 1. The van der Waals surface area contributed by atoms with Gasteiger partial charge in [-0.05, 0) is 57.1 Å². The van der Waals surface area contributed by atoms with Crippen molar-refractivity contribution in [3.05, 3.63) is 29.7 Å². The Morgan fingerprint density at radius 2 is 2.07 bits per heavy atom. The largest absolute Gasteiger partial charge is 0.489 e. The standard InChI is InChI=1S/C21H29N3O3/c1-14-19(21(26)23-16-9-5-10-17(16)25)24-12-6-11-18(20(24)22-14)27-13-15-7-3-2-4-8-15/h6,11-12,15-17,25H,2-5,7-10,13H2,1H3,(H,23,26)/t16?,17-/m0/s1. The van der Waals surface area contributed by atoms with E-state index in [0.29, 0.717) is 29.6 Å². The second-order valence-electron chi connectivity index (χ2n) is 8.01. The number of nitrogens with zero attached hydrogens (tertiary/aromatic N) is 2. The highest BCUT2D eigenvalue weighted by Crippen LogP contribution is 2.27. The number of hydrogen-bond donors (Lipinski definition) is 2. The minimum atomic E-state index is -0.456. The lowest BCUT2D eigenvalue weighted by atomic mass is 9.90. The lowest BCUT2D eigenvalue weighted by Crippen LogP contribution is -2.40. The van der Waals surface area contributed by atoms with E-state index in [-0.39, 0.29) is 11.9 Å². The van der Waals surface area contributed by atoms with Gasteiger partial charge >= 0.3 is 0 Å². The summed E-state index contributed by atoms with van der Waals surface area (Å²) in [6.07, 6.45) is 10.3. The number of aromatic nitrogens is 2. The number of nitrogens with one attached hydrogen (secondary N) is 1. The van der Waals surface area contributed by atoms with Gasteiger partial charge in [-0.15, -0.1) is 0 Å². The van der Waals surface area contributed by atoms with Gasteiger partial charge in [0.2, 0.25) is 0 Å². The summed E-state index contributed by atoms with van der Waals surface area (Å²) in [4.78, 5) is 17.4. The van der Waals surface area contributed by atoms with Crippen molar-refractivity contribution >= 4 is 11.6 Å². The fraction of sp³-hybridized carbons (Fsp3) is 0.619. The normalized spacial score (nSPS) is 23.6. The van der Waals surface area contributed by atoms with Crippen molar-refractivity contribution in [3.63, 3.8) is 0 Å². The van der Waals surface area contributed by atoms with Gasteiger partial charge in [0.15, 0.2) is 11.4 Å². The van der Waals surface area contributed by atoms with E-state index in [0.717, 1.165) is 25.0 Å². The second kappa shape index (κ2) is 7.89. The van der Waals surface area contributed by atoms with Crippen LogP contribution in [0.5, 0.6) is 5.75 Å². The summed E-state index contributed by atoms with van der Waals surface area (Å²) in [5.74, 6) is 1.16. The Bertz CT molecular complexity index is 810. The van der Waals surface area contributed by atoms with E-state index in [1.807, 2.05) is 29.7 Å². The predicted molar refractivity (Wildman–Crippen MR) is 103 cm³/mol. The molecule has 2 aromatic rings. The van der Waals surface area contributed by atoms with Crippen LogP contribution in [0.1, 0.15) is 67.5 Å². The van der Waals surface area contributed by atoms with Gasteiger partial charge in [0.1, 0.15) is 5.69 Å². The Labute approximate surface area is 159 Å². The van der Waals surface area contributed by atoms with Gasteiger partial charge in [-0.25, -0.2) is 4.98 Å². The third-order valence-electron chi connectivity index (χ3n) is 6.00. The molecule has 1 amide bonds. The molecule has 146 valence electrons. The smallest absolute Gasteiger partial charge is 0.270 e. The molecule has 2 aromatic heterocycles. The third kappa shape index (κ3) is 3.81. The fourth-order valence-electron chi connectivity index (χ4n) is 4.45. The van der Waals surface area contributed by atoms with E-state index >= 15 is 0 Å². The summed E-state index contributed by atoms with van der Waals surface area (Å²) < 4.78 is 7.91. The Morgan fingerprint density at radius 1 is 1.26 bits per heavy atom. The number of ether oxygens (including phenoxy) is 1. The van der Waals surface area contributed by atoms with E-state index in [9.17, 15) is 9.90 Å². The topological polar surface area (TPSA) is 75.9 Å². The second-order valence-corrected chi connectivity index (χ2v) is 8.01.